The maximum atomic E-state index is 6.22. The average Bonchev–Trinajstić information content (AvgIpc) is 3.30. The van der Waals surface area contributed by atoms with Crippen molar-refractivity contribution < 1.29 is 4.74 Å². The molecule has 0 aromatic heterocycles. The van der Waals surface area contributed by atoms with E-state index in [2.05, 4.69) is 9.80 Å². The average molecular weight is 280 g/mol. The lowest BCUT2D eigenvalue weighted by molar-refractivity contribution is 0.0117. The number of likely N-dealkylation sites (tertiary alicyclic amines) is 1. The topological polar surface area (TPSA) is 54.1 Å². The SMILES string of the molecule is NC(=NCC1(N2CCOCC2)CC1)N1CCCCCC1. The van der Waals surface area contributed by atoms with Gasteiger partial charge in [0.2, 0.25) is 0 Å². The van der Waals surface area contributed by atoms with Crippen molar-refractivity contribution in [1.29, 1.82) is 0 Å². The summed E-state index contributed by atoms with van der Waals surface area (Å²) in [6.45, 7) is 6.88. The lowest BCUT2D eigenvalue weighted by atomic mass is 10.2. The molecule has 5 heteroatoms. The molecule has 0 aromatic carbocycles. The van der Waals surface area contributed by atoms with E-state index in [9.17, 15) is 0 Å². The molecule has 3 fully saturated rings. The number of morpholine rings is 1. The summed E-state index contributed by atoms with van der Waals surface area (Å²) in [6.07, 6.45) is 7.71. The minimum absolute atomic E-state index is 0.306. The van der Waals surface area contributed by atoms with Gasteiger partial charge in [-0.3, -0.25) is 9.89 Å². The van der Waals surface area contributed by atoms with Gasteiger partial charge in [0.15, 0.2) is 5.96 Å². The first kappa shape index (κ1) is 14.1. The van der Waals surface area contributed by atoms with Crippen molar-refractivity contribution in [1.82, 2.24) is 9.80 Å². The van der Waals surface area contributed by atoms with E-state index >= 15 is 0 Å². The molecule has 3 rings (SSSR count). The van der Waals surface area contributed by atoms with Crippen LogP contribution >= 0.6 is 0 Å². The number of nitrogens with zero attached hydrogens (tertiary/aromatic N) is 3. The molecular weight excluding hydrogens is 252 g/mol. The highest BCUT2D eigenvalue weighted by Gasteiger charge is 2.48. The van der Waals surface area contributed by atoms with Gasteiger partial charge in [-0.25, -0.2) is 0 Å². The van der Waals surface area contributed by atoms with Crippen molar-refractivity contribution in [3.05, 3.63) is 0 Å². The molecule has 3 aliphatic rings. The van der Waals surface area contributed by atoms with Gasteiger partial charge >= 0.3 is 0 Å². The first-order valence-electron chi connectivity index (χ1n) is 8.18. The Balaban J connectivity index is 1.55. The third-order valence-corrected chi connectivity index (χ3v) is 4.97. The maximum absolute atomic E-state index is 6.22. The van der Waals surface area contributed by atoms with Gasteiger partial charge in [0.25, 0.3) is 0 Å². The Morgan fingerprint density at radius 2 is 1.65 bits per heavy atom. The smallest absolute Gasteiger partial charge is 0.191 e. The lowest BCUT2D eigenvalue weighted by Gasteiger charge is -2.34. The summed E-state index contributed by atoms with van der Waals surface area (Å²) in [5, 5.41) is 0. The Bertz CT molecular complexity index is 340. The van der Waals surface area contributed by atoms with Crippen LogP contribution in [0.2, 0.25) is 0 Å². The number of hydrogen-bond donors (Lipinski definition) is 1. The molecule has 0 spiro atoms. The number of aliphatic imine (C=N–C) groups is 1. The van der Waals surface area contributed by atoms with Crippen LogP contribution in [-0.2, 0) is 4.74 Å². The summed E-state index contributed by atoms with van der Waals surface area (Å²) >= 11 is 0. The molecule has 20 heavy (non-hydrogen) atoms. The predicted molar refractivity (Wildman–Crippen MR) is 80.9 cm³/mol. The Hall–Kier alpha value is -0.810. The van der Waals surface area contributed by atoms with Crippen LogP contribution in [0.4, 0.5) is 0 Å². The molecule has 0 unspecified atom stereocenters. The monoisotopic (exact) mass is 280 g/mol. The van der Waals surface area contributed by atoms with Gasteiger partial charge in [0, 0.05) is 31.7 Å². The van der Waals surface area contributed by atoms with Crippen LogP contribution in [0.1, 0.15) is 38.5 Å². The predicted octanol–water partition coefficient (Wildman–Crippen LogP) is 1.04. The second kappa shape index (κ2) is 6.31. The van der Waals surface area contributed by atoms with E-state index in [1.807, 2.05) is 0 Å². The van der Waals surface area contributed by atoms with Gasteiger partial charge in [0.05, 0.1) is 19.8 Å². The maximum Gasteiger partial charge on any atom is 0.191 e. The summed E-state index contributed by atoms with van der Waals surface area (Å²) in [5.41, 5.74) is 6.52. The summed E-state index contributed by atoms with van der Waals surface area (Å²) in [4.78, 5) is 9.58. The summed E-state index contributed by atoms with van der Waals surface area (Å²) in [5.74, 6) is 0.770. The van der Waals surface area contributed by atoms with Crippen LogP contribution < -0.4 is 5.73 Å². The molecule has 114 valence electrons. The largest absolute Gasteiger partial charge is 0.379 e. The zero-order valence-corrected chi connectivity index (χ0v) is 12.5. The Labute approximate surface area is 122 Å². The fraction of sp³-hybridized carbons (Fsp3) is 0.933. The van der Waals surface area contributed by atoms with Crippen LogP contribution in [0, 0.1) is 0 Å². The standard InChI is InChI=1S/C15H28N4O/c16-14(18-7-3-1-2-4-8-18)17-13-15(5-6-15)19-9-11-20-12-10-19/h1-13H2,(H2,16,17). The van der Waals surface area contributed by atoms with Gasteiger partial charge in [-0.1, -0.05) is 12.8 Å². The van der Waals surface area contributed by atoms with Crippen molar-refractivity contribution in [3.8, 4) is 0 Å². The summed E-state index contributed by atoms with van der Waals surface area (Å²) in [6, 6.07) is 0. The van der Waals surface area contributed by atoms with Crippen molar-refractivity contribution in [2.45, 2.75) is 44.1 Å². The number of rotatable bonds is 3. The quantitative estimate of drug-likeness (QED) is 0.620. The minimum atomic E-state index is 0.306. The molecule has 1 aliphatic carbocycles. The fourth-order valence-electron chi connectivity index (χ4n) is 3.38. The van der Waals surface area contributed by atoms with E-state index in [4.69, 9.17) is 15.5 Å². The van der Waals surface area contributed by atoms with Crippen molar-refractivity contribution in [2.24, 2.45) is 10.7 Å². The molecule has 1 saturated carbocycles. The number of ether oxygens (including phenoxy) is 1. The Kier molecular flexibility index (Phi) is 4.46. The summed E-state index contributed by atoms with van der Waals surface area (Å²) < 4.78 is 5.45. The van der Waals surface area contributed by atoms with E-state index in [0.717, 1.165) is 51.9 Å². The molecule has 0 bridgehead atoms. The van der Waals surface area contributed by atoms with Crippen LogP contribution in [0.15, 0.2) is 4.99 Å². The normalized spacial score (nSPS) is 28.2. The van der Waals surface area contributed by atoms with Gasteiger partial charge in [-0.2, -0.15) is 0 Å². The lowest BCUT2D eigenvalue weighted by Crippen LogP contribution is -2.47. The van der Waals surface area contributed by atoms with Crippen LogP contribution in [-0.4, -0.2) is 67.2 Å². The Morgan fingerprint density at radius 1 is 1.00 bits per heavy atom. The van der Waals surface area contributed by atoms with Gasteiger partial charge in [-0.05, 0) is 25.7 Å². The molecular formula is C15H28N4O. The highest BCUT2D eigenvalue weighted by Crippen LogP contribution is 2.42. The van der Waals surface area contributed by atoms with Crippen molar-refractivity contribution in [2.75, 3.05) is 45.9 Å². The molecule has 0 amide bonds. The van der Waals surface area contributed by atoms with Crippen LogP contribution in [0.5, 0.6) is 0 Å². The van der Waals surface area contributed by atoms with Crippen LogP contribution in [0.25, 0.3) is 0 Å². The molecule has 2 N–H and O–H groups in total. The Morgan fingerprint density at radius 3 is 2.25 bits per heavy atom. The zero-order valence-electron chi connectivity index (χ0n) is 12.5. The highest BCUT2D eigenvalue weighted by atomic mass is 16.5. The van der Waals surface area contributed by atoms with E-state index < -0.39 is 0 Å². The second-order valence-electron chi connectivity index (χ2n) is 6.40. The van der Waals surface area contributed by atoms with E-state index in [-0.39, 0.29) is 0 Å². The first-order chi connectivity index (χ1) is 9.80. The highest BCUT2D eigenvalue weighted by molar-refractivity contribution is 5.78. The van der Waals surface area contributed by atoms with Gasteiger partial charge < -0.3 is 15.4 Å². The third kappa shape index (κ3) is 3.26. The minimum Gasteiger partial charge on any atom is -0.379 e. The molecule has 0 aromatic rings. The first-order valence-corrected chi connectivity index (χ1v) is 8.18. The van der Waals surface area contributed by atoms with Crippen molar-refractivity contribution >= 4 is 5.96 Å². The van der Waals surface area contributed by atoms with Gasteiger partial charge in [0.1, 0.15) is 0 Å². The molecule has 0 radical (unpaired) electrons. The molecule has 5 nitrogen and oxygen atoms in total. The zero-order chi connectivity index (χ0) is 13.8. The second-order valence-corrected chi connectivity index (χ2v) is 6.40. The molecule has 0 atom stereocenters. The number of hydrogen-bond acceptors (Lipinski definition) is 3. The van der Waals surface area contributed by atoms with Crippen molar-refractivity contribution in [3.63, 3.8) is 0 Å². The van der Waals surface area contributed by atoms with E-state index in [1.54, 1.807) is 0 Å². The molecule has 2 heterocycles. The van der Waals surface area contributed by atoms with E-state index in [0.29, 0.717) is 5.54 Å². The number of guanidine groups is 1. The van der Waals surface area contributed by atoms with Gasteiger partial charge in [-0.15, -0.1) is 0 Å². The van der Waals surface area contributed by atoms with E-state index in [1.165, 1.54) is 38.5 Å². The number of nitrogens with two attached hydrogens (primary N) is 1. The third-order valence-electron chi connectivity index (χ3n) is 4.97. The molecule has 2 aliphatic heterocycles. The fourth-order valence-corrected chi connectivity index (χ4v) is 3.38. The molecule has 2 saturated heterocycles. The summed E-state index contributed by atoms with van der Waals surface area (Å²) in [7, 11) is 0. The van der Waals surface area contributed by atoms with Crippen LogP contribution in [0.3, 0.4) is 0 Å².